The van der Waals surface area contributed by atoms with Gasteiger partial charge in [0.1, 0.15) is 11.3 Å². The lowest BCUT2D eigenvalue weighted by molar-refractivity contribution is 0.488. The van der Waals surface area contributed by atoms with Crippen molar-refractivity contribution in [2.75, 3.05) is 0 Å². The number of hydrogen-bond acceptors (Lipinski definition) is 1. The summed E-state index contributed by atoms with van der Waals surface area (Å²) in [5, 5.41) is 1.95. The van der Waals surface area contributed by atoms with Gasteiger partial charge in [-0.05, 0) is 37.6 Å². The number of benzene rings is 1. The molecule has 0 N–H and O–H groups in total. The molecule has 0 spiro atoms. The average Bonchev–Trinajstić information content (AvgIpc) is 2.59. The zero-order valence-corrected chi connectivity index (χ0v) is 10.8. The third-order valence-corrected chi connectivity index (χ3v) is 3.07. The normalized spacial score (nSPS) is 15.2. The topological polar surface area (TPSA) is 13.1 Å². The maximum atomic E-state index is 5.98. The summed E-state index contributed by atoms with van der Waals surface area (Å²) in [6, 6.07) is 7.70. The van der Waals surface area contributed by atoms with Crippen molar-refractivity contribution in [2.24, 2.45) is 0 Å². The lowest BCUT2D eigenvalue weighted by Crippen LogP contribution is -1.99. The van der Waals surface area contributed by atoms with E-state index in [4.69, 9.17) is 27.6 Å². The van der Waals surface area contributed by atoms with Gasteiger partial charge in [0.2, 0.25) is 0 Å². The molecule has 0 radical (unpaired) electrons. The Labute approximate surface area is 105 Å². The minimum atomic E-state index is 0.159. The number of rotatable bonds is 3. The second-order valence-corrected chi connectivity index (χ2v) is 5.43. The quantitative estimate of drug-likeness (QED) is 0.688. The molecule has 1 nitrogen and oxygen atoms in total. The molecule has 0 aliphatic carbocycles. The van der Waals surface area contributed by atoms with E-state index in [0.29, 0.717) is 5.92 Å². The molecule has 16 heavy (non-hydrogen) atoms. The summed E-state index contributed by atoms with van der Waals surface area (Å²) in [7, 11) is 0. The molecular formula is C13H14Cl2O. The molecule has 0 aliphatic rings. The standard InChI is InChI=1S/C13H14Cl2O/c1-8(5-9(2)14)13-7-10-6-11(15)3-4-12(10)16-13/h3-4,6-9H,5H2,1-2H3. The van der Waals surface area contributed by atoms with Crippen molar-refractivity contribution in [3.63, 3.8) is 0 Å². The Morgan fingerprint density at radius 3 is 2.69 bits per heavy atom. The SMILES string of the molecule is CC(Cl)CC(C)c1cc2cc(Cl)ccc2o1. The van der Waals surface area contributed by atoms with Crippen LogP contribution in [0.4, 0.5) is 0 Å². The molecule has 0 aliphatic heterocycles. The van der Waals surface area contributed by atoms with Crippen LogP contribution >= 0.6 is 23.2 Å². The zero-order valence-electron chi connectivity index (χ0n) is 9.34. The fraction of sp³-hybridized carbons (Fsp3) is 0.385. The summed E-state index contributed by atoms with van der Waals surface area (Å²) in [5.74, 6) is 1.31. The summed E-state index contributed by atoms with van der Waals surface area (Å²) in [6.45, 7) is 4.12. The fourth-order valence-electron chi connectivity index (χ4n) is 1.88. The first kappa shape index (κ1) is 11.8. The fourth-order valence-corrected chi connectivity index (χ4v) is 2.33. The van der Waals surface area contributed by atoms with Gasteiger partial charge in [0.05, 0.1) is 0 Å². The van der Waals surface area contributed by atoms with Crippen LogP contribution in [-0.2, 0) is 0 Å². The summed E-state index contributed by atoms with van der Waals surface area (Å²) in [4.78, 5) is 0. The summed E-state index contributed by atoms with van der Waals surface area (Å²) in [6.07, 6.45) is 0.912. The predicted molar refractivity (Wildman–Crippen MR) is 69.6 cm³/mol. The van der Waals surface area contributed by atoms with Gasteiger partial charge in [-0.2, -0.15) is 0 Å². The molecule has 0 saturated carbocycles. The Hall–Kier alpha value is -0.660. The highest BCUT2D eigenvalue weighted by Gasteiger charge is 2.13. The van der Waals surface area contributed by atoms with E-state index in [1.54, 1.807) is 0 Å². The molecule has 2 aromatic rings. The third kappa shape index (κ3) is 2.53. The molecule has 3 heteroatoms. The second-order valence-electron chi connectivity index (χ2n) is 4.25. The van der Waals surface area contributed by atoms with E-state index in [1.165, 1.54) is 0 Å². The van der Waals surface area contributed by atoms with Crippen molar-refractivity contribution in [1.29, 1.82) is 0 Å². The minimum Gasteiger partial charge on any atom is -0.461 e. The average molecular weight is 257 g/mol. The first-order chi connectivity index (χ1) is 7.56. The monoisotopic (exact) mass is 256 g/mol. The highest BCUT2D eigenvalue weighted by molar-refractivity contribution is 6.31. The largest absolute Gasteiger partial charge is 0.461 e. The van der Waals surface area contributed by atoms with Gasteiger partial charge in [-0.25, -0.2) is 0 Å². The zero-order chi connectivity index (χ0) is 11.7. The first-order valence-electron chi connectivity index (χ1n) is 5.39. The van der Waals surface area contributed by atoms with Crippen LogP contribution in [0.5, 0.6) is 0 Å². The maximum Gasteiger partial charge on any atom is 0.134 e. The van der Waals surface area contributed by atoms with Crippen LogP contribution in [0.2, 0.25) is 5.02 Å². The number of alkyl halides is 1. The van der Waals surface area contributed by atoms with E-state index in [-0.39, 0.29) is 5.38 Å². The molecule has 2 rings (SSSR count). The van der Waals surface area contributed by atoms with Gasteiger partial charge >= 0.3 is 0 Å². The molecule has 1 aromatic heterocycles. The summed E-state index contributed by atoms with van der Waals surface area (Å²) < 4.78 is 5.77. The van der Waals surface area contributed by atoms with Gasteiger partial charge in [0.15, 0.2) is 0 Å². The van der Waals surface area contributed by atoms with Crippen LogP contribution < -0.4 is 0 Å². The lowest BCUT2D eigenvalue weighted by atomic mass is 10.0. The second kappa shape index (κ2) is 4.68. The summed E-state index contributed by atoms with van der Waals surface area (Å²) >= 11 is 11.9. The molecule has 2 atom stereocenters. The van der Waals surface area contributed by atoms with Crippen LogP contribution in [0.15, 0.2) is 28.7 Å². The van der Waals surface area contributed by atoms with Gasteiger partial charge < -0.3 is 4.42 Å². The Balaban J connectivity index is 2.32. The number of fused-ring (bicyclic) bond motifs is 1. The van der Waals surface area contributed by atoms with Crippen molar-refractivity contribution in [3.05, 3.63) is 35.0 Å². The molecule has 1 aromatic carbocycles. The molecular weight excluding hydrogens is 243 g/mol. The Bertz CT molecular complexity index is 488. The van der Waals surface area contributed by atoms with Crippen LogP contribution in [-0.4, -0.2) is 5.38 Å². The maximum absolute atomic E-state index is 5.98. The van der Waals surface area contributed by atoms with Crippen LogP contribution in [0.3, 0.4) is 0 Å². The van der Waals surface area contributed by atoms with E-state index in [1.807, 2.05) is 31.2 Å². The number of furan rings is 1. The number of halogens is 2. The van der Waals surface area contributed by atoms with E-state index < -0.39 is 0 Å². The smallest absolute Gasteiger partial charge is 0.134 e. The Morgan fingerprint density at radius 1 is 1.25 bits per heavy atom. The van der Waals surface area contributed by atoms with Crippen LogP contribution in [0.25, 0.3) is 11.0 Å². The highest BCUT2D eigenvalue weighted by Crippen LogP contribution is 2.30. The van der Waals surface area contributed by atoms with E-state index >= 15 is 0 Å². The van der Waals surface area contributed by atoms with Crippen molar-refractivity contribution < 1.29 is 4.42 Å². The van der Waals surface area contributed by atoms with Gasteiger partial charge in [0.25, 0.3) is 0 Å². The van der Waals surface area contributed by atoms with E-state index in [0.717, 1.165) is 28.2 Å². The molecule has 0 amide bonds. The number of hydrogen-bond donors (Lipinski definition) is 0. The van der Waals surface area contributed by atoms with Crippen LogP contribution in [0.1, 0.15) is 31.9 Å². The molecule has 0 saturated heterocycles. The summed E-state index contributed by atoms with van der Waals surface area (Å²) in [5.41, 5.74) is 0.883. The molecule has 86 valence electrons. The van der Waals surface area contributed by atoms with Gasteiger partial charge in [-0.3, -0.25) is 0 Å². The van der Waals surface area contributed by atoms with Gasteiger partial charge in [0, 0.05) is 21.7 Å². The Morgan fingerprint density at radius 2 is 2.00 bits per heavy atom. The molecule has 0 bridgehead atoms. The molecule has 1 heterocycles. The van der Waals surface area contributed by atoms with Crippen molar-refractivity contribution >= 4 is 34.2 Å². The third-order valence-electron chi connectivity index (χ3n) is 2.66. The Kier molecular flexibility index (Phi) is 3.46. The van der Waals surface area contributed by atoms with Gasteiger partial charge in [-0.1, -0.05) is 18.5 Å². The van der Waals surface area contributed by atoms with Gasteiger partial charge in [-0.15, -0.1) is 11.6 Å². The predicted octanol–water partition coefficient (Wildman–Crippen LogP) is 5.21. The van der Waals surface area contributed by atoms with E-state index in [2.05, 4.69) is 6.92 Å². The van der Waals surface area contributed by atoms with Crippen LogP contribution in [0, 0.1) is 0 Å². The lowest BCUT2D eigenvalue weighted by Gasteiger charge is -2.08. The molecule has 2 unspecified atom stereocenters. The van der Waals surface area contributed by atoms with Crippen molar-refractivity contribution in [2.45, 2.75) is 31.6 Å². The van der Waals surface area contributed by atoms with Crippen molar-refractivity contribution in [1.82, 2.24) is 0 Å². The van der Waals surface area contributed by atoms with Crippen molar-refractivity contribution in [3.8, 4) is 0 Å². The first-order valence-corrected chi connectivity index (χ1v) is 6.21. The van der Waals surface area contributed by atoms with E-state index in [9.17, 15) is 0 Å². The minimum absolute atomic E-state index is 0.159. The molecule has 0 fully saturated rings. The highest BCUT2D eigenvalue weighted by atomic mass is 35.5.